The van der Waals surface area contributed by atoms with Crippen LogP contribution in [0.15, 0.2) is 53.6 Å². The third-order valence-electron chi connectivity index (χ3n) is 6.15. The molecular weight excluding hydrogens is 435 g/mol. The quantitative estimate of drug-likeness (QED) is 0.511. The number of rotatable bonds is 4. The summed E-state index contributed by atoms with van der Waals surface area (Å²) in [5, 5.41) is 3.07. The number of anilines is 1. The molecule has 5 rings (SSSR count). The van der Waals surface area contributed by atoms with E-state index in [-0.39, 0.29) is 29.2 Å². The van der Waals surface area contributed by atoms with Crippen LogP contribution in [0.4, 0.5) is 10.1 Å². The molecule has 1 amide bonds. The summed E-state index contributed by atoms with van der Waals surface area (Å²) in [4.78, 5) is 24.3. The highest BCUT2D eigenvalue weighted by Gasteiger charge is 2.45. The van der Waals surface area contributed by atoms with E-state index in [2.05, 4.69) is 34.1 Å². The van der Waals surface area contributed by atoms with Gasteiger partial charge in [0.1, 0.15) is 11.6 Å². The number of benzene rings is 2. The van der Waals surface area contributed by atoms with E-state index < -0.39 is 0 Å². The van der Waals surface area contributed by atoms with Crippen molar-refractivity contribution >= 4 is 46.5 Å². The number of hydrogen-bond acceptors (Lipinski definition) is 4. The second-order valence-corrected chi connectivity index (χ2v) is 9.76. The normalized spacial score (nSPS) is 26.0. The van der Waals surface area contributed by atoms with Gasteiger partial charge in [-0.1, -0.05) is 18.5 Å². The molecule has 160 valence electrons. The van der Waals surface area contributed by atoms with Crippen LogP contribution in [0.3, 0.4) is 0 Å². The molecule has 1 fully saturated rings. The van der Waals surface area contributed by atoms with Crippen molar-refractivity contribution in [2.45, 2.75) is 37.7 Å². The van der Waals surface area contributed by atoms with Crippen molar-refractivity contribution in [3.63, 3.8) is 0 Å². The van der Waals surface area contributed by atoms with E-state index in [9.17, 15) is 9.18 Å². The number of thioether (sulfide) groups is 1. The predicted octanol–water partition coefficient (Wildman–Crippen LogP) is 5.70. The van der Waals surface area contributed by atoms with Crippen molar-refractivity contribution in [2.24, 2.45) is 5.92 Å². The SMILES string of the molecule is CC1SC=C(C2C[C@H](C)[C@@H](c3nc4ccc(F)cc4[nH]3)N2C=O)N1c1ccc(Cl)cc1. The van der Waals surface area contributed by atoms with Crippen LogP contribution in [0, 0.1) is 11.7 Å². The Morgan fingerprint density at radius 3 is 2.74 bits per heavy atom. The highest BCUT2D eigenvalue weighted by molar-refractivity contribution is 8.03. The van der Waals surface area contributed by atoms with Crippen LogP contribution < -0.4 is 4.90 Å². The van der Waals surface area contributed by atoms with Crippen molar-refractivity contribution < 1.29 is 9.18 Å². The number of H-pyrrole nitrogens is 1. The molecule has 4 atom stereocenters. The van der Waals surface area contributed by atoms with Crippen LogP contribution in [0.25, 0.3) is 11.0 Å². The lowest BCUT2D eigenvalue weighted by Gasteiger charge is -2.34. The summed E-state index contributed by atoms with van der Waals surface area (Å²) < 4.78 is 13.6. The third kappa shape index (κ3) is 3.49. The van der Waals surface area contributed by atoms with Crippen molar-refractivity contribution in [2.75, 3.05) is 4.90 Å². The number of imidazole rings is 1. The van der Waals surface area contributed by atoms with E-state index in [4.69, 9.17) is 11.6 Å². The molecule has 2 aromatic carbocycles. The number of nitrogens with zero attached hydrogens (tertiary/aromatic N) is 3. The molecule has 5 nitrogen and oxygen atoms in total. The molecule has 0 saturated carbocycles. The second kappa shape index (κ2) is 7.88. The summed E-state index contributed by atoms with van der Waals surface area (Å²) >= 11 is 7.83. The first kappa shape index (κ1) is 20.4. The highest BCUT2D eigenvalue weighted by atomic mass is 35.5. The first-order valence-electron chi connectivity index (χ1n) is 10.2. The number of carbonyl (C=O) groups excluding carboxylic acids is 1. The van der Waals surface area contributed by atoms with E-state index in [0.717, 1.165) is 24.2 Å². The topological polar surface area (TPSA) is 52.2 Å². The highest BCUT2D eigenvalue weighted by Crippen LogP contribution is 2.46. The molecule has 3 heterocycles. The maximum Gasteiger partial charge on any atom is 0.210 e. The number of hydrogen-bond donors (Lipinski definition) is 1. The number of halogens is 2. The van der Waals surface area contributed by atoms with E-state index in [1.54, 1.807) is 17.8 Å². The Bertz CT molecular complexity index is 1160. The van der Waals surface area contributed by atoms with Gasteiger partial charge in [0.05, 0.1) is 28.5 Å². The zero-order chi connectivity index (χ0) is 21.7. The van der Waals surface area contributed by atoms with Gasteiger partial charge in [0.2, 0.25) is 6.41 Å². The van der Waals surface area contributed by atoms with Gasteiger partial charge in [0, 0.05) is 16.4 Å². The largest absolute Gasteiger partial charge is 0.340 e. The Labute approximate surface area is 189 Å². The second-order valence-electron chi connectivity index (χ2n) is 8.13. The van der Waals surface area contributed by atoms with Gasteiger partial charge in [0.15, 0.2) is 0 Å². The molecule has 1 aromatic heterocycles. The third-order valence-corrected chi connectivity index (χ3v) is 7.39. The number of fused-ring (bicyclic) bond motifs is 1. The minimum absolute atomic E-state index is 0.0735. The number of nitrogens with one attached hydrogen (secondary N) is 1. The summed E-state index contributed by atoms with van der Waals surface area (Å²) in [5.74, 6) is 0.572. The molecule has 3 aromatic rings. The van der Waals surface area contributed by atoms with Gasteiger partial charge in [0.25, 0.3) is 0 Å². The Morgan fingerprint density at radius 1 is 1.23 bits per heavy atom. The average molecular weight is 457 g/mol. The molecule has 0 spiro atoms. The van der Waals surface area contributed by atoms with Crippen molar-refractivity contribution in [1.82, 2.24) is 14.9 Å². The molecule has 2 aliphatic rings. The molecular formula is C23H22ClFN4OS. The predicted molar refractivity (Wildman–Crippen MR) is 123 cm³/mol. The van der Waals surface area contributed by atoms with Crippen molar-refractivity contribution in [3.8, 4) is 0 Å². The summed E-state index contributed by atoms with van der Waals surface area (Å²) in [7, 11) is 0. The van der Waals surface area contributed by atoms with Crippen LogP contribution in [0.2, 0.25) is 5.02 Å². The van der Waals surface area contributed by atoms with Crippen LogP contribution in [-0.2, 0) is 4.79 Å². The maximum absolute atomic E-state index is 13.6. The molecule has 1 N–H and O–H groups in total. The fourth-order valence-electron chi connectivity index (χ4n) is 4.75. The fraction of sp³-hybridized carbons (Fsp3) is 0.304. The van der Waals surface area contributed by atoms with Crippen LogP contribution in [0.1, 0.15) is 32.1 Å². The number of aromatic amines is 1. The van der Waals surface area contributed by atoms with Gasteiger partial charge < -0.3 is 14.8 Å². The van der Waals surface area contributed by atoms with Gasteiger partial charge in [-0.15, -0.1) is 11.8 Å². The Kier molecular flexibility index (Phi) is 5.18. The summed E-state index contributed by atoms with van der Waals surface area (Å²) in [6.07, 6.45) is 1.74. The molecule has 2 unspecified atom stereocenters. The number of carbonyl (C=O) groups is 1. The van der Waals surface area contributed by atoms with E-state index in [0.29, 0.717) is 21.9 Å². The zero-order valence-corrected chi connectivity index (χ0v) is 18.7. The number of amides is 1. The lowest BCUT2D eigenvalue weighted by molar-refractivity contribution is -0.120. The van der Waals surface area contributed by atoms with E-state index in [1.807, 2.05) is 29.2 Å². The molecule has 8 heteroatoms. The van der Waals surface area contributed by atoms with Gasteiger partial charge >= 0.3 is 0 Å². The van der Waals surface area contributed by atoms with E-state index >= 15 is 0 Å². The standard InChI is InChI=1S/C23H22ClFN4OS/c1-13-9-20(21-11-31-14(2)29(21)17-6-3-15(24)4-7-17)28(12-30)22(13)23-26-18-8-5-16(25)10-19(18)27-23/h3-8,10-14,20,22H,9H2,1-2H3,(H,26,27)/t13-,14?,20?,22-/m0/s1. The number of aromatic nitrogens is 2. The van der Waals surface area contributed by atoms with E-state index in [1.165, 1.54) is 12.1 Å². The van der Waals surface area contributed by atoms with Gasteiger partial charge in [-0.05, 0) is 67.1 Å². The Balaban J connectivity index is 1.49. The first-order valence-corrected chi connectivity index (χ1v) is 11.6. The monoisotopic (exact) mass is 456 g/mol. The molecule has 0 aliphatic carbocycles. The summed E-state index contributed by atoms with van der Waals surface area (Å²) in [6.45, 7) is 4.28. The minimum atomic E-state index is -0.312. The average Bonchev–Trinajstić information content (AvgIpc) is 3.42. The Hall–Kier alpha value is -2.51. The lowest BCUT2D eigenvalue weighted by Crippen LogP contribution is -2.39. The van der Waals surface area contributed by atoms with Gasteiger partial charge in [-0.3, -0.25) is 4.79 Å². The van der Waals surface area contributed by atoms with Gasteiger partial charge in [-0.25, -0.2) is 9.37 Å². The zero-order valence-electron chi connectivity index (χ0n) is 17.1. The molecule has 0 bridgehead atoms. The molecule has 0 radical (unpaired) electrons. The maximum atomic E-state index is 13.6. The van der Waals surface area contributed by atoms with Crippen molar-refractivity contribution in [3.05, 3.63) is 70.2 Å². The summed E-state index contributed by atoms with van der Waals surface area (Å²) in [6, 6.07) is 12.0. The first-order chi connectivity index (χ1) is 15.0. The number of likely N-dealkylation sites (tertiary alicyclic amines) is 1. The summed E-state index contributed by atoms with van der Waals surface area (Å²) in [5.41, 5.74) is 3.49. The van der Waals surface area contributed by atoms with Crippen LogP contribution >= 0.6 is 23.4 Å². The smallest absolute Gasteiger partial charge is 0.210 e. The Morgan fingerprint density at radius 2 is 2.00 bits per heavy atom. The van der Waals surface area contributed by atoms with Crippen LogP contribution in [0.5, 0.6) is 0 Å². The van der Waals surface area contributed by atoms with Gasteiger partial charge in [-0.2, -0.15) is 0 Å². The van der Waals surface area contributed by atoms with Crippen LogP contribution in [-0.4, -0.2) is 32.7 Å². The molecule has 1 saturated heterocycles. The molecule has 31 heavy (non-hydrogen) atoms. The van der Waals surface area contributed by atoms with Crippen molar-refractivity contribution in [1.29, 1.82) is 0 Å². The fourth-order valence-corrected chi connectivity index (χ4v) is 5.85. The lowest BCUT2D eigenvalue weighted by atomic mass is 10.00. The minimum Gasteiger partial charge on any atom is -0.340 e. The molecule has 2 aliphatic heterocycles.